The number of ketones is 1. The van der Waals surface area contributed by atoms with E-state index in [1.165, 1.54) is 44.3 Å². The van der Waals surface area contributed by atoms with Gasteiger partial charge in [0.15, 0.2) is 5.78 Å². The third kappa shape index (κ3) is 5.29. The second-order valence-corrected chi connectivity index (χ2v) is 12.3. The van der Waals surface area contributed by atoms with E-state index in [1.54, 1.807) is 0 Å². The summed E-state index contributed by atoms with van der Waals surface area (Å²) in [5.74, 6) is 0.104. The SMILES string of the molecule is CC(C)(C)C(=O)/C=C(\O)C(C)(C)C.Cc1[c-]c2c3ncccc3c3cccc4c3c2c(c1)n4-c1ccccc1.[Ir]. The van der Waals surface area contributed by atoms with Gasteiger partial charge in [-0.1, -0.05) is 90.3 Å². The van der Waals surface area contributed by atoms with E-state index in [4.69, 9.17) is 4.98 Å². The molecule has 0 fully saturated rings. The molecule has 0 atom stereocenters. The van der Waals surface area contributed by atoms with Crippen LogP contribution in [-0.4, -0.2) is 20.4 Å². The number of fused-ring (bicyclic) bond motifs is 3. The topological polar surface area (TPSA) is 55.1 Å². The largest absolute Gasteiger partial charge is 0.512 e. The number of para-hydroxylation sites is 1. The molecule has 2 aromatic heterocycles. The number of nitrogens with zero attached hydrogens (tertiary/aromatic N) is 2. The molecule has 0 spiro atoms. The molecule has 6 rings (SSSR count). The minimum Gasteiger partial charge on any atom is -0.512 e. The molecule has 0 aliphatic heterocycles. The maximum absolute atomic E-state index is 11.5. The number of pyridine rings is 1. The van der Waals surface area contributed by atoms with Crippen LogP contribution in [0.2, 0.25) is 0 Å². The second-order valence-electron chi connectivity index (χ2n) is 12.3. The number of aliphatic hydroxyl groups excluding tert-OH is 1. The minimum absolute atomic E-state index is 0. The zero-order valence-corrected chi connectivity index (χ0v) is 26.5. The van der Waals surface area contributed by atoms with Gasteiger partial charge >= 0.3 is 0 Å². The van der Waals surface area contributed by atoms with Crippen LogP contribution < -0.4 is 0 Å². The van der Waals surface area contributed by atoms with Crippen molar-refractivity contribution in [2.75, 3.05) is 0 Å². The van der Waals surface area contributed by atoms with E-state index >= 15 is 0 Å². The summed E-state index contributed by atoms with van der Waals surface area (Å²) in [6, 6.07) is 27.2. The Morgan fingerprint density at radius 1 is 0.850 bits per heavy atom. The Labute approximate surface area is 249 Å². The monoisotopic (exact) mass is 708 g/mol. The summed E-state index contributed by atoms with van der Waals surface area (Å²) in [6.07, 6.45) is 3.21. The number of aryl methyl sites for hydroxylation is 1. The van der Waals surface area contributed by atoms with Crippen LogP contribution in [0.4, 0.5) is 0 Å². The molecule has 2 heterocycles. The van der Waals surface area contributed by atoms with Gasteiger partial charge < -0.3 is 14.7 Å². The first kappa shape index (κ1) is 29.5. The Hall–Kier alpha value is -3.53. The molecular weight excluding hydrogens is 673 g/mol. The summed E-state index contributed by atoms with van der Waals surface area (Å²) in [5.41, 5.74) is 5.04. The van der Waals surface area contributed by atoms with Crippen LogP contribution >= 0.6 is 0 Å². The third-order valence-corrected chi connectivity index (χ3v) is 7.08. The summed E-state index contributed by atoms with van der Waals surface area (Å²) in [7, 11) is 0. The summed E-state index contributed by atoms with van der Waals surface area (Å²) < 4.78 is 2.37. The molecule has 5 heteroatoms. The van der Waals surface area contributed by atoms with Crippen LogP contribution in [0.1, 0.15) is 47.1 Å². The molecule has 0 saturated heterocycles. The van der Waals surface area contributed by atoms with E-state index in [1.807, 2.05) is 53.8 Å². The van der Waals surface area contributed by atoms with Crippen molar-refractivity contribution in [1.82, 2.24) is 9.55 Å². The fourth-order valence-electron chi connectivity index (χ4n) is 4.89. The van der Waals surface area contributed by atoms with Crippen LogP contribution in [0.25, 0.3) is 49.2 Å². The van der Waals surface area contributed by atoms with Crippen molar-refractivity contribution >= 4 is 49.3 Å². The van der Waals surface area contributed by atoms with Crippen LogP contribution in [0.3, 0.4) is 0 Å². The fourth-order valence-corrected chi connectivity index (χ4v) is 4.89. The van der Waals surface area contributed by atoms with Gasteiger partial charge in [-0.3, -0.25) is 4.79 Å². The zero-order chi connectivity index (χ0) is 28.1. The van der Waals surface area contributed by atoms with Gasteiger partial charge in [0, 0.05) is 54.4 Å². The number of allylic oxidation sites excluding steroid dienone is 2. The maximum atomic E-state index is 11.5. The van der Waals surface area contributed by atoms with Gasteiger partial charge in [-0.2, -0.15) is 0 Å². The first-order chi connectivity index (χ1) is 18.4. The van der Waals surface area contributed by atoms with E-state index in [0.29, 0.717) is 0 Å². The normalized spacial score (nSPS) is 12.5. The van der Waals surface area contributed by atoms with E-state index in [2.05, 4.69) is 78.2 Å². The van der Waals surface area contributed by atoms with Gasteiger partial charge in [-0.05, 0) is 51.5 Å². The minimum atomic E-state index is -0.417. The van der Waals surface area contributed by atoms with Gasteiger partial charge in [0.05, 0.1) is 0 Å². The first-order valence-electron chi connectivity index (χ1n) is 13.3. The molecule has 0 saturated carbocycles. The Bertz CT molecular complexity index is 1850. The maximum Gasteiger partial charge on any atom is 0.164 e. The molecule has 207 valence electrons. The van der Waals surface area contributed by atoms with Crippen molar-refractivity contribution in [2.45, 2.75) is 48.5 Å². The molecular formula is C35H35IrN2O2-. The zero-order valence-electron chi connectivity index (χ0n) is 24.1. The quantitative estimate of drug-likeness (QED) is 0.0846. The van der Waals surface area contributed by atoms with Crippen molar-refractivity contribution in [1.29, 1.82) is 0 Å². The Balaban J connectivity index is 0.000000229. The number of carbonyl (C=O) groups is 1. The van der Waals surface area contributed by atoms with Gasteiger partial charge in [0.25, 0.3) is 0 Å². The van der Waals surface area contributed by atoms with Gasteiger partial charge in [0.2, 0.25) is 0 Å². The van der Waals surface area contributed by atoms with Crippen molar-refractivity contribution in [3.05, 3.63) is 96.4 Å². The van der Waals surface area contributed by atoms with Gasteiger partial charge in [-0.25, -0.2) is 0 Å². The Morgan fingerprint density at radius 2 is 1.52 bits per heavy atom. The molecule has 0 aliphatic carbocycles. The predicted octanol–water partition coefficient (Wildman–Crippen LogP) is 9.12. The summed E-state index contributed by atoms with van der Waals surface area (Å²) in [4.78, 5) is 16.2. The number of hydrogen-bond donors (Lipinski definition) is 1. The first-order valence-corrected chi connectivity index (χ1v) is 13.3. The molecule has 0 amide bonds. The van der Waals surface area contributed by atoms with E-state index in [0.717, 1.165) is 16.5 Å². The van der Waals surface area contributed by atoms with Crippen molar-refractivity contribution in [3.8, 4) is 5.69 Å². The molecule has 1 N–H and O–H groups in total. The van der Waals surface area contributed by atoms with Gasteiger partial charge in [-0.15, -0.1) is 23.1 Å². The summed E-state index contributed by atoms with van der Waals surface area (Å²) in [6.45, 7) is 13.2. The predicted molar refractivity (Wildman–Crippen MR) is 163 cm³/mol. The van der Waals surface area contributed by atoms with Crippen molar-refractivity contribution in [3.63, 3.8) is 0 Å². The van der Waals surface area contributed by atoms with E-state index in [-0.39, 0.29) is 37.1 Å². The number of carbonyl (C=O) groups excluding carboxylic acids is 1. The Kier molecular flexibility index (Phi) is 7.95. The van der Waals surface area contributed by atoms with Crippen LogP contribution in [0.5, 0.6) is 0 Å². The molecule has 4 nitrogen and oxygen atoms in total. The van der Waals surface area contributed by atoms with E-state index in [9.17, 15) is 9.90 Å². The second kappa shape index (κ2) is 10.8. The van der Waals surface area contributed by atoms with E-state index < -0.39 is 5.41 Å². The molecule has 6 aromatic rings. The molecule has 0 aliphatic rings. The molecule has 40 heavy (non-hydrogen) atoms. The van der Waals surface area contributed by atoms with Crippen LogP contribution in [0, 0.1) is 23.8 Å². The number of aliphatic hydroxyl groups is 1. The van der Waals surface area contributed by atoms with Crippen LogP contribution in [-0.2, 0) is 24.9 Å². The van der Waals surface area contributed by atoms with Crippen LogP contribution in [0.15, 0.2) is 84.8 Å². The molecule has 0 bridgehead atoms. The fraction of sp³-hybridized carbons (Fsp3) is 0.257. The Morgan fingerprint density at radius 3 is 2.17 bits per heavy atom. The average Bonchev–Trinajstić information content (AvgIpc) is 3.22. The number of benzene rings is 4. The summed E-state index contributed by atoms with van der Waals surface area (Å²) >= 11 is 0. The molecule has 1 radical (unpaired) electrons. The number of aromatic nitrogens is 2. The number of hydrogen-bond acceptors (Lipinski definition) is 3. The standard InChI is InChI=1S/C24H15N2.C11H20O2.Ir/c1-15-13-19-23-21(14-15)26(16-7-3-2-4-8-16)20-11-5-9-17(22(20)23)18-10-6-12-25-24(18)19;1-10(2,3)8(12)7-9(13)11(4,5)6;/h2-12,14H,1H3;7,12H,1-6H3;/q-1;;/b;8-7-;. The summed E-state index contributed by atoms with van der Waals surface area (Å²) in [5, 5.41) is 15.7. The van der Waals surface area contributed by atoms with Crippen molar-refractivity contribution in [2.24, 2.45) is 10.8 Å². The van der Waals surface area contributed by atoms with Crippen molar-refractivity contribution < 1.29 is 30.0 Å². The molecule has 0 unspecified atom stereocenters. The number of rotatable bonds is 2. The smallest absolute Gasteiger partial charge is 0.164 e. The average molecular weight is 708 g/mol. The van der Waals surface area contributed by atoms with Gasteiger partial charge in [0.1, 0.15) is 5.76 Å². The molecule has 4 aromatic carbocycles. The third-order valence-electron chi connectivity index (χ3n) is 7.08.